The van der Waals surface area contributed by atoms with Gasteiger partial charge < -0.3 is 15.4 Å². The zero-order valence-electron chi connectivity index (χ0n) is 12.7. The van der Waals surface area contributed by atoms with Gasteiger partial charge in [-0.3, -0.25) is 0 Å². The third-order valence-electron chi connectivity index (χ3n) is 2.54. The van der Waals surface area contributed by atoms with Gasteiger partial charge in [0, 0.05) is 12.2 Å². The first-order valence-electron chi connectivity index (χ1n) is 6.75. The maximum absolute atomic E-state index is 11.8. The predicted octanol–water partition coefficient (Wildman–Crippen LogP) is 2.19. The van der Waals surface area contributed by atoms with Crippen molar-refractivity contribution in [2.75, 3.05) is 32.0 Å². The molecule has 0 atom stereocenters. The quantitative estimate of drug-likeness (QED) is 0.639. The number of esters is 1. The predicted molar refractivity (Wildman–Crippen MR) is 76.2 cm³/mol. The van der Waals surface area contributed by atoms with Crippen LogP contribution in [0.2, 0.25) is 0 Å². The van der Waals surface area contributed by atoms with Crippen molar-refractivity contribution in [3.05, 3.63) is 29.8 Å². The van der Waals surface area contributed by atoms with Crippen molar-refractivity contribution in [2.24, 2.45) is 0 Å². The standard InChI is InChI=1S/C13H20N2O2.ClH/c1-3-15(4-2)9-10-17-13(16)11-5-7-12(14)8-6-11;/h5-8H,3-4,9-10,14H2,1-2H3;1H/i7T,8T;. The molecule has 1 aromatic rings. The number of anilines is 1. The summed E-state index contributed by atoms with van der Waals surface area (Å²) in [5, 5.41) is 0. The number of nitrogen functional groups attached to an aromatic ring is 1. The Hall–Kier alpha value is -1.26. The number of ether oxygens (including phenoxy) is 1. The van der Waals surface area contributed by atoms with Crippen LogP contribution in [0.5, 0.6) is 0 Å². The Morgan fingerprint density at radius 1 is 1.39 bits per heavy atom. The lowest BCUT2D eigenvalue weighted by Gasteiger charge is -2.17. The maximum Gasteiger partial charge on any atom is 0.338 e. The second-order valence-corrected chi connectivity index (χ2v) is 3.61. The van der Waals surface area contributed by atoms with Crippen LogP contribution in [0.1, 0.15) is 26.9 Å². The second-order valence-electron chi connectivity index (χ2n) is 3.61. The first kappa shape index (κ1) is 13.2. The molecule has 1 rings (SSSR count). The summed E-state index contributed by atoms with van der Waals surface area (Å²) in [6.45, 7) is 6.88. The Morgan fingerprint density at radius 2 is 1.94 bits per heavy atom. The molecule has 0 bridgehead atoms. The summed E-state index contributed by atoms with van der Waals surface area (Å²) >= 11 is 0. The van der Waals surface area contributed by atoms with Crippen LogP contribution in [-0.2, 0) is 4.74 Å². The van der Waals surface area contributed by atoms with E-state index in [1.54, 1.807) is 0 Å². The average Bonchev–Trinajstić information content (AvgIpc) is 2.40. The van der Waals surface area contributed by atoms with Gasteiger partial charge in [-0.25, -0.2) is 4.79 Å². The van der Waals surface area contributed by atoms with Crippen molar-refractivity contribution < 1.29 is 12.3 Å². The van der Waals surface area contributed by atoms with E-state index in [-0.39, 0.29) is 35.7 Å². The van der Waals surface area contributed by atoms with E-state index in [4.69, 9.17) is 13.2 Å². The molecule has 0 fully saturated rings. The fourth-order valence-electron chi connectivity index (χ4n) is 1.40. The zero-order valence-corrected chi connectivity index (χ0v) is 11.5. The lowest BCUT2D eigenvalue weighted by molar-refractivity contribution is 0.0466. The number of halogens is 1. The molecular weight excluding hydrogens is 252 g/mol. The molecule has 4 nitrogen and oxygen atoms in total. The smallest absolute Gasteiger partial charge is 0.338 e. The Bertz CT molecular complexity index is 431. The van der Waals surface area contributed by atoms with E-state index in [1.165, 1.54) is 12.1 Å². The lowest BCUT2D eigenvalue weighted by Crippen LogP contribution is -2.27. The molecule has 102 valence electrons. The normalized spacial score (nSPS) is 11.5. The lowest BCUT2D eigenvalue weighted by atomic mass is 10.2. The van der Waals surface area contributed by atoms with Crippen LogP contribution in [0.15, 0.2) is 24.2 Å². The van der Waals surface area contributed by atoms with Gasteiger partial charge in [0.25, 0.3) is 0 Å². The summed E-state index contributed by atoms with van der Waals surface area (Å²) in [7, 11) is 0. The Kier molecular flexibility index (Phi) is 6.43. The van der Waals surface area contributed by atoms with Crippen LogP contribution >= 0.6 is 12.4 Å². The number of carbonyl (C=O) groups excluding carboxylic acids is 1. The number of hydrogen-bond acceptors (Lipinski definition) is 4. The van der Waals surface area contributed by atoms with E-state index < -0.39 is 5.97 Å². The van der Waals surface area contributed by atoms with E-state index >= 15 is 0 Å². The number of rotatable bonds is 6. The topological polar surface area (TPSA) is 55.6 Å². The highest BCUT2D eigenvalue weighted by Crippen LogP contribution is 2.06. The Morgan fingerprint density at radius 3 is 2.44 bits per heavy atom. The van der Waals surface area contributed by atoms with Crippen LogP contribution in [0.3, 0.4) is 0 Å². The third kappa shape index (κ3) is 5.38. The third-order valence-corrected chi connectivity index (χ3v) is 2.54. The average molecular weight is 277 g/mol. The zero-order chi connectivity index (χ0) is 14.4. The minimum atomic E-state index is -0.519. The highest BCUT2D eigenvalue weighted by atomic mass is 35.5. The summed E-state index contributed by atoms with van der Waals surface area (Å²) in [6, 6.07) is 2.60. The van der Waals surface area contributed by atoms with Crippen molar-refractivity contribution in [3.63, 3.8) is 0 Å². The van der Waals surface area contributed by atoms with E-state index in [2.05, 4.69) is 4.90 Å². The van der Waals surface area contributed by atoms with Gasteiger partial charge in [-0.2, -0.15) is 0 Å². The van der Waals surface area contributed by atoms with Crippen LogP contribution in [0, 0.1) is 0 Å². The molecule has 18 heavy (non-hydrogen) atoms. The molecular formula is C13H21ClN2O2. The molecule has 0 aromatic heterocycles. The summed E-state index contributed by atoms with van der Waals surface area (Å²) in [4.78, 5) is 13.9. The number of carbonyl (C=O) groups is 1. The van der Waals surface area contributed by atoms with Crippen molar-refractivity contribution in [2.45, 2.75) is 13.8 Å². The molecule has 0 aliphatic heterocycles. The van der Waals surface area contributed by atoms with E-state index in [1.807, 2.05) is 13.8 Å². The van der Waals surface area contributed by atoms with Gasteiger partial charge in [-0.15, -0.1) is 12.4 Å². The second kappa shape index (κ2) is 8.78. The van der Waals surface area contributed by atoms with Gasteiger partial charge in [0.1, 0.15) is 6.61 Å². The molecule has 0 spiro atoms. The maximum atomic E-state index is 11.8. The van der Waals surface area contributed by atoms with Crippen molar-refractivity contribution in [1.29, 1.82) is 0 Å². The van der Waals surface area contributed by atoms with Crippen LogP contribution in [0.25, 0.3) is 0 Å². The van der Waals surface area contributed by atoms with Gasteiger partial charge >= 0.3 is 5.97 Å². The summed E-state index contributed by atoms with van der Waals surface area (Å²) in [6.07, 6.45) is 0. The van der Waals surface area contributed by atoms with Crippen LogP contribution in [0.4, 0.5) is 5.69 Å². The van der Waals surface area contributed by atoms with Crippen molar-refractivity contribution in [3.8, 4) is 0 Å². The number of benzene rings is 1. The number of nitrogens with zero attached hydrogens (tertiary/aromatic N) is 1. The van der Waals surface area contributed by atoms with Gasteiger partial charge in [0.05, 0.1) is 8.30 Å². The monoisotopic (exact) mass is 276 g/mol. The molecule has 0 heterocycles. The van der Waals surface area contributed by atoms with Gasteiger partial charge in [0.15, 0.2) is 0 Å². The molecule has 0 amide bonds. The fourth-order valence-corrected chi connectivity index (χ4v) is 1.40. The Labute approximate surface area is 117 Å². The van der Waals surface area contributed by atoms with Gasteiger partial charge in [-0.1, -0.05) is 13.8 Å². The largest absolute Gasteiger partial charge is 0.461 e. The SMILES string of the molecule is Cl.[3H]c1cc(C(=O)OCCN(CC)CC)cc([3H])c1N. The molecule has 0 unspecified atom stereocenters. The minimum Gasteiger partial charge on any atom is -0.461 e. The Balaban J connectivity index is 0.00000361. The minimum absolute atomic E-state index is 0. The molecule has 0 radical (unpaired) electrons. The number of likely N-dealkylation sites (N-methyl/N-ethyl adjacent to an activating group) is 1. The van der Waals surface area contributed by atoms with Crippen molar-refractivity contribution >= 4 is 24.1 Å². The molecule has 1 aromatic carbocycles. The number of hydrogen-bond donors (Lipinski definition) is 1. The first-order chi connectivity index (χ1) is 8.99. The molecule has 0 saturated heterocycles. The van der Waals surface area contributed by atoms with Crippen molar-refractivity contribution in [1.82, 2.24) is 4.90 Å². The van der Waals surface area contributed by atoms with Crippen LogP contribution in [-0.4, -0.2) is 37.1 Å². The summed E-state index contributed by atoms with van der Waals surface area (Å²) in [5.41, 5.74) is 5.76. The summed E-state index contributed by atoms with van der Waals surface area (Å²) < 4.78 is 20.2. The van der Waals surface area contributed by atoms with E-state index in [9.17, 15) is 4.79 Å². The van der Waals surface area contributed by atoms with Gasteiger partial charge in [-0.05, 0) is 37.3 Å². The number of nitrogens with two attached hydrogens (primary N) is 1. The highest BCUT2D eigenvalue weighted by Gasteiger charge is 2.07. The molecule has 2 N–H and O–H groups in total. The molecule has 0 aliphatic rings. The highest BCUT2D eigenvalue weighted by molar-refractivity contribution is 5.89. The van der Waals surface area contributed by atoms with E-state index in [0.29, 0.717) is 13.2 Å². The summed E-state index contributed by atoms with van der Waals surface area (Å²) in [5.74, 6) is -0.519. The molecule has 0 saturated carbocycles. The molecule has 0 aliphatic carbocycles. The fraction of sp³-hybridized carbons (Fsp3) is 0.462. The molecule has 5 heteroatoms. The van der Waals surface area contributed by atoms with Gasteiger partial charge in [0.2, 0.25) is 0 Å². The first-order valence-corrected chi connectivity index (χ1v) is 5.75. The van der Waals surface area contributed by atoms with E-state index in [0.717, 1.165) is 13.1 Å². The van der Waals surface area contributed by atoms with Crippen LogP contribution < -0.4 is 5.73 Å².